The monoisotopic (exact) mass is 361 g/mol. The zero-order chi connectivity index (χ0) is 17.7. The van der Waals surface area contributed by atoms with Crippen LogP contribution in [0.25, 0.3) is 0 Å². The second-order valence-electron chi connectivity index (χ2n) is 7.11. The number of alkyl halides is 3. The van der Waals surface area contributed by atoms with Crippen LogP contribution < -0.4 is 0 Å². The molecule has 24 heavy (non-hydrogen) atoms. The standard InChI is InChI=1S/C17H22F3NO2S/c1-4-23-15(22)21-7-5-10-12(6-8-21)24-14-11(17(18,19)20)9-16(2,3)13(10)14/h11H,4-9H2,1-3H3/t11-/m1/s1. The molecule has 3 rings (SSSR count). The second-order valence-corrected chi connectivity index (χ2v) is 8.25. The number of carbonyl (C=O) groups excluding carboxylic acids is 1. The van der Waals surface area contributed by atoms with Crippen LogP contribution in [0.3, 0.4) is 0 Å². The van der Waals surface area contributed by atoms with Crippen molar-refractivity contribution < 1.29 is 22.7 Å². The van der Waals surface area contributed by atoms with Gasteiger partial charge < -0.3 is 9.64 Å². The highest BCUT2D eigenvalue weighted by Crippen LogP contribution is 2.57. The van der Waals surface area contributed by atoms with Crippen LogP contribution in [0.2, 0.25) is 0 Å². The van der Waals surface area contributed by atoms with E-state index in [4.69, 9.17) is 4.74 Å². The molecule has 0 bridgehead atoms. The average molecular weight is 361 g/mol. The summed E-state index contributed by atoms with van der Waals surface area (Å²) in [5.74, 6) is -1.35. The predicted octanol–water partition coefficient (Wildman–Crippen LogP) is 4.63. The van der Waals surface area contributed by atoms with Gasteiger partial charge in [0.05, 0.1) is 12.5 Å². The quantitative estimate of drug-likeness (QED) is 0.730. The Morgan fingerprint density at radius 2 is 2.00 bits per heavy atom. The second kappa shape index (κ2) is 5.93. The number of nitrogens with zero attached hydrogens (tertiary/aromatic N) is 1. The van der Waals surface area contributed by atoms with Crippen LogP contribution in [0.5, 0.6) is 0 Å². The lowest BCUT2D eigenvalue weighted by molar-refractivity contribution is -0.151. The molecule has 0 N–H and O–H groups in total. The van der Waals surface area contributed by atoms with Gasteiger partial charge in [-0.2, -0.15) is 13.2 Å². The number of thiophene rings is 1. The molecule has 3 nitrogen and oxygen atoms in total. The summed E-state index contributed by atoms with van der Waals surface area (Å²) in [6, 6.07) is 0. The number of carbonyl (C=O) groups is 1. The number of hydrogen-bond donors (Lipinski definition) is 0. The molecule has 1 aromatic rings. The lowest BCUT2D eigenvalue weighted by atomic mass is 9.83. The third-order valence-corrected chi connectivity index (χ3v) is 6.39. The molecule has 1 aliphatic heterocycles. The maximum Gasteiger partial charge on any atom is 0.409 e. The minimum Gasteiger partial charge on any atom is -0.450 e. The van der Waals surface area contributed by atoms with Crippen LogP contribution in [-0.2, 0) is 23.0 Å². The molecule has 0 fully saturated rings. The number of ether oxygens (including phenoxy) is 1. The van der Waals surface area contributed by atoms with Crippen molar-refractivity contribution in [1.82, 2.24) is 4.90 Å². The van der Waals surface area contributed by atoms with E-state index in [9.17, 15) is 18.0 Å². The zero-order valence-corrected chi connectivity index (χ0v) is 14.9. The molecule has 1 amide bonds. The fourth-order valence-corrected chi connectivity index (χ4v) is 5.60. The number of hydrogen-bond acceptors (Lipinski definition) is 3. The van der Waals surface area contributed by atoms with E-state index in [2.05, 4.69) is 0 Å². The van der Waals surface area contributed by atoms with Gasteiger partial charge in [-0.3, -0.25) is 0 Å². The van der Waals surface area contributed by atoms with Crippen LogP contribution in [0, 0.1) is 0 Å². The van der Waals surface area contributed by atoms with Crippen molar-refractivity contribution in [2.75, 3.05) is 19.7 Å². The summed E-state index contributed by atoms with van der Waals surface area (Å²) in [6.07, 6.45) is -3.20. The van der Waals surface area contributed by atoms with Crippen LogP contribution in [0.4, 0.5) is 18.0 Å². The highest BCUT2D eigenvalue weighted by Gasteiger charge is 2.52. The molecular weight excluding hydrogens is 339 g/mol. The van der Waals surface area contributed by atoms with Gasteiger partial charge in [0, 0.05) is 22.8 Å². The summed E-state index contributed by atoms with van der Waals surface area (Å²) < 4.78 is 45.3. The van der Waals surface area contributed by atoms with Crippen molar-refractivity contribution >= 4 is 17.4 Å². The Morgan fingerprint density at radius 1 is 1.33 bits per heavy atom. The van der Waals surface area contributed by atoms with Crippen molar-refractivity contribution in [1.29, 1.82) is 0 Å². The first-order valence-corrected chi connectivity index (χ1v) is 9.10. The minimum atomic E-state index is -4.19. The number of amides is 1. The van der Waals surface area contributed by atoms with Crippen LogP contribution >= 0.6 is 11.3 Å². The van der Waals surface area contributed by atoms with Gasteiger partial charge in [0.25, 0.3) is 0 Å². The first-order chi connectivity index (χ1) is 11.1. The molecule has 1 aromatic heterocycles. The molecule has 1 aliphatic carbocycles. The van der Waals surface area contributed by atoms with Crippen molar-refractivity contribution in [3.05, 3.63) is 20.9 Å². The smallest absolute Gasteiger partial charge is 0.409 e. The number of halogens is 3. The molecule has 0 aromatic carbocycles. The lowest BCUT2D eigenvalue weighted by Crippen LogP contribution is -2.33. The van der Waals surface area contributed by atoms with Gasteiger partial charge in [0.15, 0.2) is 0 Å². The fourth-order valence-electron chi connectivity index (χ4n) is 3.95. The van der Waals surface area contributed by atoms with Crippen molar-refractivity contribution in [3.8, 4) is 0 Å². The molecule has 0 spiro atoms. The summed E-state index contributed by atoms with van der Waals surface area (Å²) in [5, 5.41) is 0. The van der Waals surface area contributed by atoms with Gasteiger partial charge in [-0.15, -0.1) is 11.3 Å². The molecule has 7 heteroatoms. The Bertz CT molecular complexity index is 651. The maximum absolute atomic E-state index is 13.4. The predicted molar refractivity (Wildman–Crippen MR) is 86.8 cm³/mol. The molecule has 134 valence electrons. The Balaban J connectivity index is 1.92. The molecule has 0 saturated heterocycles. The van der Waals surface area contributed by atoms with Gasteiger partial charge in [-0.05, 0) is 42.7 Å². The van der Waals surface area contributed by atoms with Gasteiger partial charge in [0.1, 0.15) is 0 Å². The van der Waals surface area contributed by atoms with E-state index < -0.39 is 17.5 Å². The van der Waals surface area contributed by atoms with E-state index in [0.29, 0.717) is 37.4 Å². The first kappa shape index (κ1) is 17.6. The lowest BCUT2D eigenvalue weighted by Gasteiger charge is -2.22. The van der Waals surface area contributed by atoms with Crippen LogP contribution in [0.15, 0.2) is 0 Å². The van der Waals surface area contributed by atoms with E-state index in [1.807, 2.05) is 13.8 Å². The summed E-state index contributed by atoms with van der Waals surface area (Å²) in [4.78, 5) is 15.1. The molecular formula is C17H22F3NO2S. The number of rotatable bonds is 1. The summed E-state index contributed by atoms with van der Waals surface area (Å²) >= 11 is 1.30. The Morgan fingerprint density at radius 3 is 2.62 bits per heavy atom. The van der Waals surface area contributed by atoms with Crippen molar-refractivity contribution in [2.45, 2.75) is 57.5 Å². The highest BCUT2D eigenvalue weighted by atomic mass is 32.1. The van der Waals surface area contributed by atoms with E-state index >= 15 is 0 Å². The van der Waals surface area contributed by atoms with Crippen molar-refractivity contribution in [2.24, 2.45) is 0 Å². The molecule has 2 heterocycles. The third kappa shape index (κ3) is 2.91. The van der Waals surface area contributed by atoms with E-state index in [0.717, 1.165) is 16.0 Å². The molecule has 0 radical (unpaired) electrons. The maximum atomic E-state index is 13.4. The molecule has 1 atom stereocenters. The largest absolute Gasteiger partial charge is 0.450 e. The van der Waals surface area contributed by atoms with E-state index in [1.165, 1.54) is 11.3 Å². The topological polar surface area (TPSA) is 29.5 Å². The van der Waals surface area contributed by atoms with E-state index in [1.54, 1.807) is 11.8 Å². The van der Waals surface area contributed by atoms with Crippen LogP contribution in [-0.4, -0.2) is 36.9 Å². The normalized spacial score (nSPS) is 22.8. The summed E-state index contributed by atoms with van der Waals surface area (Å²) in [6.45, 7) is 6.90. The summed E-state index contributed by atoms with van der Waals surface area (Å²) in [7, 11) is 0. The van der Waals surface area contributed by atoms with Gasteiger partial charge >= 0.3 is 12.3 Å². The van der Waals surface area contributed by atoms with Crippen LogP contribution in [0.1, 0.15) is 54.0 Å². The summed E-state index contributed by atoms with van der Waals surface area (Å²) in [5.41, 5.74) is 1.45. The SMILES string of the molecule is CCOC(=O)N1CCc2sc3c(c2CC1)C(C)(C)C[C@H]3C(F)(F)F. The van der Waals surface area contributed by atoms with Gasteiger partial charge in [-0.1, -0.05) is 13.8 Å². The molecule has 0 unspecified atom stereocenters. The molecule has 2 aliphatic rings. The van der Waals surface area contributed by atoms with E-state index in [-0.39, 0.29) is 12.5 Å². The highest BCUT2D eigenvalue weighted by molar-refractivity contribution is 7.12. The van der Waals surface area contributed by atoms with Gasteiger partial charge in [-0.25, -0.2) is 4.79 Å². The first-order valence-electron chi connectivity index (χ1n) is 8.28. The Kier molecular flexibility index (Phi) is 4.35. The average Bonchev–Trinajstić information content (AvgIpc) is 2.87. The Hall–Kier alpha value is -1.24. The molecule has 0 saturated carbocycles. The minimum absolute atomic E-state index is 0.118. The third-order valence-electron chi connectivity index (χ3n) is 4.99. The zero-order valence-electron chi connectivity index (χ0n) is 14.1. The van der Waals surface area contributed by atoms with Gasteiger partial charge in [0.2, 0.25) is 0 Å². The van der Waals surface area contributed by atoms with Crippen molar-refractivity contribution in [3.63, 3.8) is 0 Å². The number of fused-ring (bicyclic) bond motifs is 3. The fraction of sp³-hybridized carbons (Fsp3) is 0.706. The Labute approximate surface area is 143 Å².